The molecule has 0 saturated carbocycles. The van der Waals surface area contributed by atoms with Crippen LogP contribution in [0.3, 0.4) is 0 Å². The van der Waals surface area contributed by atoms with E-state index in [0.29, 0.717) is 19.4 Å². The first-order valence-electron chi connectivity index (χ1n) is 7.55. The maximum Gasteiger partial charge on any atom is 0.246 e. The summed E-state index contributed by atoms with van der Waals surface area (Å²) in [5.74, 6) is 0.00159. The zero-order chi connectivity index (χ0) is 15.3. The second kappa shape index (κ2) is 7.07. The molecular formula is C15H28N2O3. The Bertz CT molecular complexity index is 359. The number of ether oxygens (including phenoxy) is 1. The van der Waals surface area contributed by atoms with Crippen molar-refractivity contribution >= 4 is 11.8 Å². The van der Waals surface area contributed by atoms with Crippen molar-refractivity contribution in [1.29, 1.82) is 0 Å². The number of methoxy groups -OCH3 is 1. The Hall–Kier alpha value is -1.10. The molecule has 20 heavy (non-hydrogen) atoms. The number of piperazine rings is 1. The molecule has 0 aromatic carbocycles. The quantitative estimate of drug-likeness (QED) is 0.774. The van der Waals surface area contributed by atoms with Crippen molar-refractivity contribution in [1.82, 2.24) is 10.2 Å². The summed E-state index contributed by atoms with van der Waals surface area (Å²) in [5, 5.41) is 2.89. The summed E-state index contributed by atoms with van der Waals surface area (Å²) in [7, 11) is 1.65. The minimum Gasteiger partial charge on any atom is -0.385 e. The number of hydrogen-bond acceptors (Lipinski definition) is 3. The Kier molecular flexibility index (Phi) is 5.99. The predicted octanol–water partition coefficient (Wildman–Crippen LogP) is 1.71. The number of amides is 2. The molecule has 3 atom stereocenters. The standard InChI is InChI=1S/C15H28N2O3/c1-6-8-12-13(18)17(11(3)9-10-20-5)15(4,7-2)14(19)16-12/h11-12H,6-10H2,1-5H3,(H,16,19). The van der Waals surface area contributed by atoms with Gasteiger partial charge in [0.25, 0.3) is 0 Å². The second-order valence-corrected chi connectivity index (χ2v) is 5.78. The molecule has 1 fully saturated rings. The Morgan fingerprint density at radius 3 is 2.55 bits per heavy atom. The SMILES string of the molecule is CCCC1NC(=O)C(C)(CC)N(C(C)CCOC)C1=O. The second-order valence-electron chi connectivity index (χ2n) is 5.78. The van der Waals surface area contributed by atoms with Crippen molar-refractivity contribution in [2.45, 2.75) is 71.0 Å². The van der Waals surface area contributed by atoms with Crippen molar-refractivity contribution < 1.29 is 14.3 Å². The number of rotatable bonds is 7. The molecule has 1 rings (SSSR count). The fourth-order valence-electron chi connectivity index (χ4n) is 2.83. The highest BCUT2D eigenvalue weighted by molar-refractivity contribution is 5.99. The number of nitrogens with one attached hydrogen (secondary N) is 1. The zero-order valence-corrected chi connectivity index (χ0v) is 13.4. The summed E-state index contributed by atoms with van der Waals surface area (Å²) in [6.07, 6.45) is 2.92. The molecule has 0 spiro atoms. The molecule has 2 amide bonds. The zero-order valence-electron chi connectivity index (χ0n) is 13.4. The smallest absolute Gasteiger partial charge is 0.246 e. The van der Waals surface area contributed by atoms with E-state index in [1.165, 1.54) is 0 Å². The van der Waals surface area contributed by atoms with Crippen LogP contribution in [0, 0.1) is 0 Å². The van der Waals surface area contributed by atoms with Crippen molar-refractivity contribution in [3.63, 3.8) is 0 Å². The third-order valence-electron chi connectivity index (χ3n) is 4.31. The van der Waals surface area contributed by atoms with E-state index in [2.05, 4.69) is 5.32 Å². The summed E-state index contributed by atoms with van der Waals surface area (Å²) in [5.41, 5.74) is -0.755. The van der Waals surface area contributed by atoms with Crippen LogP contribution in [0.4, 0.5) is 0 Å². The lowest BCUT2D eigenvalue weighted by Crippen LogP contribution is -2.71. The van der Waals surface area contributed by atoms with Gasteiger partial charge in [0.05, 0.1) is 0 Å². The molecule has 1 N–H and O–H groups in total. The fourth-order valence-corrected chi connectivity index (χ4v) is 2.83. The first kappa shape index (κ1) is 17.0. The maximum atomic E-state index is 12.7. The summed E-state index contributed by atoms with van der Waals surface area (Å²) in [4.78, 5) is 26.9. The van der Waals surface area contributed by atoms with Crippen molar-refractivity contribution in [2.24, 2.45) is 0 Å². The minimum absolute atomic E-state index is 0.00203. The van der Waals surface area contributed by atoms with Crippen LogP contribution in [-0.4, -0.2) is 48.1 Å². The highest BCUT2D eigenvalue weighted by atomic mass is 16.5. The fraction of sp³-hybridized carbons (Fsp3) is 0.867. The summed E-state index contributed by atoms with van der Waals surface area (Å²) in [6, 6.07) is -0.380. The Morgan fingerprint density at radius 2 is 2.05 bits per heavy atom. The van der Waals surface area contributed by atoms with Gasteiger partial charge in [0.15, 0.2) is 0 Å². The normalized spacial score (nSPS) is 28.4. The third-order valence-corrected chi connectivity index (χ3v) is 4.31. The number of hydrogen-bond donors (Lipinski definition) is 1. The molecule has 0 aromatic rings. The van der Waals surface area contributed by atoms with E-state index < -0.39 is 5.54 Å². The van der Waals surface area contributed by atoms with Gasteiger partial charge in [-0.05, 0) is 33.1 Å². The molecule has 0 aromatic heterocycles. The average molecular weight is 284 g/mol. The lowest BCUT2D eigenvalue weighted by atomic mass is 9.87. The lowest BCUT2D eigenvalue weighted by molar-refractivity contribution is -0.160. The van der Waals surface area contributed by atoms with Gasteiger partial charge >= 0.3 is 0 Å². The highest BCUT2D eigenvalue weighted by Crippen LogP contribution is 2.29. The number of carbonyl (C=O) groups is 2. The molecule has 5 nitrogen and oxygen atoms in total. The topological polar surface area (TPSA) is 58.6 Å². The van der Waals surface area contributed by atoms with Crippen molar-refractivity contribution in [3.8, 4) is 0 Å². The molecule has 0 aliphatic carbocycles. The highest BCUT2D eigenvalue weighted by Gasteiger charge is 2.49. The molecule has 1 saturated heterocycles. The van der Waals surface area contributed by atoms with Crippen LogP contribution in [0.25, 0.3) is 0 Å². The van der Waals surface area contributed by atoms with Crippen LogP contribution in [0.15, 0.2) is 0 Å². The van der Waals surface area contributed by atoms with E-state index in [1.807, 2.05) is 27.7 Å². The van der Waals surface area contributed by atoms with Gasteiger partial charge in [0, 0.05) is 19.8 Å². The van der Waals surface area contributed by atoms with Gasteiger partial charge < -0.3 is 15.0 Å². The molecule has 1 aliphatic rings. The van der Waals surface area contributed by atoms with Gasteiger partial charge in [-0.15, -0.1) is 0 Å². The Morgan fingerprint density at radius 1 is 1.40 bits per heavy atom. The molecular weight excluding hydrogens is 256 g/mol. The Balaban J connectivity index is 3.01. The average Bonchev–Trinajstić information content (AvgIpc) is 2.42. The van der Waals surface area contributed by atoms with E-state index in [1.54, 1.807) is 12.0 Å². The van der Waals surface area contributed by atoms with E-state index in [4.69, 9.17) is 4.74 Å². The van der Waals surface area contributed by atoms with Crippen LogP contribution in [0.5, 0.6) is 0 Å². The van der Waals surface area contributed by atoms with Gasteiger partial charge in [0.1, 0.15) is 11.6 Å². The number of nitrogens with zero attached hydrogens (tertiary/aromatic N) is 1. The van der Waals surface area contributed by atoms with Crippen molar-refractivity contribution in [2.75, 3.05) is 13.7 Å². The predicted molar refractivity (Wildman–Crippen MR) is 78.3 cm³/mol. The minimum atomic E-state index is -0.755. The van der Waals surface area contributed by atoms with Gasteiger partial charge in [0.2, 0.25) is 11.8 Å². The van der Waals surface area contributed by atoms with Crippen LogP contribution in [0.1, 0.15) is 53.4 Å². The molecule has 3 unspecified atom stereocenters. The van der Waals surface area contributed by atoms with Gasteiger partial charge in [-0.2, -0.15) is 0 Å². The van der Waals surface area contributed by atoms with Crippen LogP contribution < -0.4 is 5.32 Å². The van der Waals surface area contributed by atoms with Crippen molar-refractivity contribution in [3.05, 3.63) is 0 Å². The number of carbonyl (C=O) groups excluding carboxylic acids is 2. The lowest BCUT2D eigenvalue weighted by Gasteiger charge is -2.49. The van der Waals surface area contributed by atoms with E-state index in [-0.39, 0.29) is 23.9 Å². The molecule has 0 radical (unpaired) electrons. The molecule has 1 heterocycles. The summed E-state index contributed by atoms with van der Waals surface area (Å²) < 4.78 is 5.10. The van der Waals surface area contributed by atoms with Crippen LogP contribution in [-0.2, 0) is 14.3 Å². The van der Waals surface area contributed by atoms with Gasteiger partial charge in [-0.25, -0.2) is 0 Å². The summed E-state index contributed by atoms with van der Waals surface area (Å²) in [6.45, 7) is 8.40. The molecule has 1 aliphatic heterocycles. The van der Waals surface area contributed by atoms with Gasteiger partial charge in [-0.3, -0.25) is 9.59 Å². The van der Waals surface area contributed by atoms with E-state index in [0.717, 1.165) is 12.8 Å². The molecule has 0 bridgehead atoms. The van der Waals surface area contributed by atoms with E-state index in [9.17, 15) is 9.59 Å². The maximum absolute atomic E-state index is 12.7. The Labute approximate surface area is 122 Å². The first-order chi connectivity index (χ1) is 9.42. The van der Waals surface area contributed by atoms with Crippen LogP contribution >= 0.6 is 0 Å². The van der Waals surface area contributed by atoms with Gasteiger partial charge in [-0.1, -0.05) is 20.3 Å². The molecule has 116 valence electrons. The van der Waals surface area contributed by atoms with Crippen LogP contribution in [0.2, 0.25) is 0 Å². The largest absolute Gasteiger partial charge is 0.385 e. The first-order valence-corrected chi connectivity index (χ1v) is 7.55. The molecule has 5 heteroatoms. The monoisotopic (exact) mass is 284 g/mol. The third kappa shape index (κ3) is 3.14. The summed E-state index contributed by atoms with van der Waals surface area (Å²) >= 11 is 0. The van der Waals surface area contributed by atoms with E-state index >= 15 is 0 Å².